The molecule has 2 N–H and O–H groups in total. The van der Waals surface area contributed by atoms with E-state index in [9.17, 15) is 4.79 Å². The van der Waals surface area contributed by atoms with Crippen molar-refractivity contribution in [2.24, 2.45) is 0 Å². The molecule has 7 nitrogen and oxygen atoms in total. The van der Waals surface area contributed by atoms with Crippen molar-refractivity contribution in [3.63, 3.8) is 0 Å². The first-order chi connectivity index (χ1) is 12.7. The van der Waals surface area contributed by atoms with Gasteiger partial charge in [0.2, 0.25) is 5.91 Å². The summed E-state index contributed by atoms with van der Waals surface area (Å²) in [6.45, 7) is 3.88. The van der Waals surface area contributed by atoms with Gasteiger partial charge in [0.05, 0.1) is 24.5 Å². The lowest BCUT2D eigenvalue weighted by atomic mass is 10.0. The maximum absolute atomic E-state index is 11.6. The highest BCUT2D eigenvalue weighted by Gasteiger charge is 2.36. The van der Waals surface area contributed by atoms with Gasteiger partial charge in [-0.2, -0.15) is 5.10 Å². The van der Waals surface area contributed by atoms with E-state index in [1.165, 1.54) is 0 Å². The molecule has 1 fully saturated rings. The summed E-state index contributed by atoms with van der Waals surface area (Å²) in [6.07, 6.45) is 3.43. The third kappa shape index (κ3) is 3.52. The van der Waals surface area contributed by atoms with Gasteiger partial charge in [0.1, 0.15) is 5.82 Å². The lowest BCUT2D eigenvalue weighted by Crippen LogP contribution is -2.38. The molecule has 2 aromatic heterocycles. The van der Waals surface area contributed by atoms with Gasteiger partial charge in [-0.05, 0) is 6.07 Å². The van der Waals surface area contributed by atoms with Gasteiger partial charge in [0, 0.05) is 37.7 Å². The number of carbonyl (C=O) groups excluding carboxylic acids is 1. The van der Waals surface area contributed by atoms with Gasteiger partial charge < -0.3 is 9.73 Å². The van der Waals surface area contributed by atoms with E-state index in [1.54, 1.807) is 19.5 Å². The van der Waals surface area contributed by atoms with Crippen LogP contribution in [0.1, 0.15) is 24.2 Å². The van der Waals surface area contributed by atoms with Crippen molar-refractivity contribution in [2.75, 3.05) is 13.1 Å². The molecule has 7 heteroatoms. The van der Waals surface area contributed by atoms with E-state index in [-0.39, 0.29) is 17.9 Å². The predicted molar refractivity (Wildman–Crippen MR) is 96.1 cm³/mol. The average molecular weight is 351 g/mol. The van der Waals surface area contributed by atoms with Crippen LogP contribution in [0.3, 0.4) is 0 Å². The topological polar surface area (TPSA) is 87.1 Å². The maximum Gasteiger partial charge on any atom is 0.217 e. The van der Waals surface area contributed by atoms with Gasteiger partial charge in [-0.25, -0.2) is 4.98 Å². The van der Waals surface area contributed by atoms with Crippen molar-refractivity contribution in [3.05, 3.63) is 60.3 Å². The molecule has 26 heavy (non-hydrogen) atoms. The number of furan rings is 1. The molecule has 0 aliphatic carbocycles. The smallest absolute Gasteiger partial charge is 0.217 e. The number of amides is 1. The maximum atomic E-state index is 11.6. The normalized spacial score (nSPS) is 20.3. The molecule has 1 amide bonds. The molecule has 1 aromatic carbocycles. The highest BCUT2D eigenvalue weighted by Crippen LogP contribution is 2.28. The van der Waals surface area contributed by atoms with Crippen LogP contribution in [0, 0.1) is 0 Å². The van der Waals surface area contributed by atoms with Crippen LogP contribution in [0.4, 0.5) is 0 Å². The zero-order valence-electron chi connectivity index (χ0n) is 14.6. The van der Waals surface area contributed by atoms with E-state index in [0.717, 1.165) is 36.6 Å². The zero-order chi connectivity index (χ0) is 17.9. The van der Waals surface area contributed by atoms with Gasteiger partial charge in [0.15, 0.2) is 5.82 Å². The van der Waals surface area contributed by atoms with Crippen LogP contribution in [-0.4, -0.2) is 45.1 Å². The van der Waals surface area contributed by atoms with E-state index in [1.807, 2.05) is 36.4 Å². The van der Waals surface area contributed by atoms with Crippen LogP contribution >= 0.6 is 0 Å². The van der Waals surface area contributed by atoms with Crippen LogP contribution in [0.25, 0.3) is 11.4 Å². The largest absolute Gasteiger partial charge is 0.472 e. The van der Waals surface area contributed by atoms with Crippen LogP contribution in [0.15, 0.2) is 53.3 Å². The summed E-state index contributed by atoms with van der Waals surface area (Å²) >= 11 is 0. The van der Waals surface area contributed by atoms with Crippen LogP contribution in [-0.2, 0) is 11.3 Å². The first kappa shape index (κ1) is 16.5. The second kappa shape index (κ2) is 7.13. The van der Waals surface area contributed by atoms with Crippen molar-refractivity contribution in [1.29, 1.82) is 0 Å². The first-order valence-electron chi connectivity index (χ1n) is 8.67. The number of H-pyrrole nitrogens is 1. The Bertz CT molecular complexity index is 859. The van der Waals surface area contributed by atoms with Gasteiger partial charge in [-0.3, -0.25) is 14.8 Å². The summed E-state index contributed by atoms with van der Waals surface area (Å²) in [6, 6.07) is 11.8. The Hall–Kier alpha value is -2.93. The number of rotatable bonds is 5. The highest BCUT2D eigenvalue weighted by molar-refractivity contribution is 5.73. The Morgan fingerprint density at radius 3 is 2.88 bits per heavy atom. The SMILES string of the molecule is CC(=O)N[C@@H]1CN(Cc2ccoc2)C[C@H]1c1nc(-c2ccccc2)n[nH]1. The van der Waals surface area contributed by atoms with Crippen molar-refractivity contribution in [2.45, 2.75) is 25.4 Å². The summed E-state index contributed by atoms with van der Waals surface area (Å²) in [7, 11) is 0. The van der Waals surface area contributed by atoms with E-state index < -0.39 is 0 Å². The molecule has 1 aliphatic rings. The molecule has 134 valence electrons. The number of hydrogen-bond donors (Lipinski definition) is 2. The number of aromatic nitrogens is 3. The van der Waals surface area contributed by atoms with Crippen LogP contribution in [0.2, 0.25) is 0 Å². The third-order valence-corrected chi connectivity index (χ3v) is 4.66. The molecular formula is C19H21N5O2. The van der Waals surface area contributed by atoms with Gasteiger partial charge >= 0.3 is 0 Å². The summed E-state index contributed by atoms with van der Waals surface area (Å²) < 4.78 is 5.16. The molecule has 2 atom stereocenters. The number of aromatic amines is 1. The van der Waals surface area contributed by atoms with Crippen molar-refractivity contribution >= 4 is 5.91 Å². The minimum atomic E-state index is -0.0343. The minimum Gasteiger partial charge on any atom is -0.472 e. The Morgan fingerprint density at radius 1 is 1.31 bits per heavy atom. The number of nitrogens with one attached hydrogen (secondary N) is 2. The van der Waals surface area contributed by atoms with Crippen LogP contribution < -0.4 is 5.32 Å². The summed E-state index contributed by atoms with van der Waals surface area (Å²) in [5, 5.41) is 10.5. The second-order valence-electron chi connectivity index (χ2n) is 6.65. The van der Waals surface area contributed by atoms with Crippen molar-refractivity contribution in [3.8, 4) is 11.4 Å². The standard InChI is InChI=1S/C19H21N5O2/c1-13(25)20-17-11-24(9-14-7-8-26-12-14)10-16(17)19-21-18(22-23-19)15-5-3-2-4-6-15/h2-8,12,16-17H,9-11H2,1H3,(H,20,25)(H,21,22,23)/t16-,17-/m1/s1. The minimum absolute atomic E-state index is 0.00373. The van der Waals surface area contributed by atoms with Crippen molar-refractivity contribution < 1.29 is 9.21 Å². The fraction of sp³-hybridized carbons (Fsp3) is 0.316. The second-order valence-corrected chi connectivity index (χ2v) is 6.65. The number of likely N-dealkylation sites (tertiary alicyclic amines) is 1. The molecule has 0 saturated carbocycles. The molecule has 0 radical (unpaired) electrons. The molecule has 0 spiro atoms. The lowest BCUT2D eigenvalue weighted by molar-refractivity contribution is -0.119. The monoisotopic (exact) mass is 351 g/mol. The quantitative estimate of drug-likeness (QED) is 0.736. The highest BCUT2D eigenvalue weighted by atomic mass is 16.3. The van der Waals surface area contributed by atoms with E-state index in [4.69, 9.17) is 4.42 Å². The predicted octanol–water partition coefficient (Wildman–Crippen LogP) is 2.17. The number of nitrogens with zero attached hydrogens (tertiary/aromatic N) is 3. The third-order valence-electron chi connectivity index (χ3n) is 4.66. The molecule has 3 aromatic rings. The Morgan fingerprint density at radius 2 is 2.15 bits per heavy atom. The van der Waals surface area contributed by atoms with Gasteiger partial charge in [0.25, 0.3) is 0 Å². The van der Waals surface area contributed by atoms with E-state index >= 15 is 0 Å². The first-order valence-corrected chi connectivity index (χ1v) is 8.67. The number of hydrogen-bond acceptors (Lipinski definition) is 5. The molecule has 4 rings (SSSR count). The molecule has 0 bridgehead atoms. The van der Waals surface area contributed by atoms with Crippen molar-refractivity contribution in [1.82, 2.24) is 25.4 Å². The zero-order valence-corrected chi connectivity index (χ0v) is 14.6. The molecular weight excluding hydrogens is 330 g/mol. The van der Waals surface area contributed by atoms with Gasteiger partial charge in [-0.1, -0.05) is 30.3 Å². The summed E-state index contributed by atoms with van der Waals surface area (Å²) in [5.74, 6) is 1.51. The fourth-order valence-electron chi connectivity index (χ4n) is 3.50. The fourth-order valence-corrected chi connectivity index (χ4v) is 3.50. The van der Waals surface area contributed by atoms with E-state index in [0.29, 0.717) is 5.82 Å². The van der Waals surface area contributed by atoms with Crippen LogP contribution in [0.5, 0.6) is 0 Å². The molecule has 1 saturated heterocycles. The Balaban J connectivity index is 1.54. The Kier molecular flexibility index (Phi) is 4.53. The van der Waals surface area contributed by atoms with Gasteiger partial charge in [-0.15, -0.1) is 0 Å². The summed E-state index contributed by atoms with van der Waals surface area (Å²) in [5.41, 5.74) is 2.09. The Labute approximate surface area is 151 Å². The number of carbonyl (C=O) groups is 1. The average Bonchev–Trinajstić information content (AvgIpc) is 3.36. The van der Waals surface area contributed by atoms with E-state index in [2.05, 4.69) is 25.4 Å². The molecule has 3 heterocycles. The lowest BCUT2D eigenvalue weighted by Gasteiger charge is -2.16. The molecule has 1 aliphatic heterocycles. The molecule has 0 unspecified atom stereocenters. The number of benzene rings is 1. The summed E-state index contributed by atoms with van der Waals surface area (Å²) in [4.78, 5) is 18.6.